The van der Waals surface area contributed by atoms with Crippen molar-refractivity contribution in [2.75, 3.05) is 0 Å². The molecule has 0 bridgehead atoms. The molecule has 0 saturated heterocycles. The van der Waals surface area contributed by atoms with Crippen LogP contribution in [-0.4, -0.2) is 161 Å². The lowest BCUT2D eigenvalue weighted by molar-refractivity contribution is -0.474. The van der Waals surface area contributed by atoms with Gasteiger partial charge < -0.3 is 13.6 Å². The van der Waals surface area contributed by atoms with Crippen LogP contribution in [0.25, 0.3) is 0 Å². The van der Waals surface area contributed by atoms with Gasteiger partial charge in [-0.1, -0.05) is 36.4 Å². The van der Waals surface area contributed by atoms with Crippen molar-refractivity contribution >= 4 is 8.60 Å². The molecule has 0 aliphatic carbocycles. The van der Waals surface area contributed by atoms with Crippen molar-refractivity contribution in [3.63, 3.8) is 0 Å². The van der Waals surface area contributed by atoms with Crippen LogP contribution in [0.15, 0.2) is 72.8 Å². The summed E-state index contributed by atoms with van der Waals surface area (Å²) in [7, 11) is -6.55. The number of rotatable bonds is 33. The van der Waals surface area contributed by atoms with Crippen LogP contribution in [0.1, 0.15) is 16.7 Å². The largest absolute Gasteiger partial charge is 0.530 e. The molecule has 0 amide bonds. The fourth-order valence-electron chi connectivity index (χ4n) is 7.90. The van der Waals surface area contributed by atoms with E-state index in [9.17, 15) is 198 Å². The van der Waals surface area contributed by atoms with Gasteiger partial charge >= 0.3 is 187 Å². The Morgan fingerprint density at radius 2 is 0.243 bits per heavy atom. The Kier molecular flexibility index (Phi) is 24.5. The number of halogens is 63. The summed E-state index contributed by atoms with van der Waals surface area (Å²) in [4.78, 5) is 0. The van der Waals surface area contributed by atoms with Crippen LogP contribution in [0, 0.1) is 0 Å². The molecule has 0 aromatic heterocycles. The average molecular weight is 1860 g/mol. The third-order valence-electron chi connectivity index (χ3n) is 14.7. The summed E-state index contributed by atoms with van der Waals surface area (Å²) in [6, 6.07) is -12.5. The Hall–Kier alpha value is -6.92. The highest BCUT2D eigenvalue weighted by Crippen LogP contribution is 2.73. The third-order valence-corrected chi connectivity index (χ3v) is 15.8. The third kappa shape index (κ3) is 13.2. The summed E-state index contributed by atoms with van der Waals surface area (Å²) in [6.07, 6.45) is -25.7. The Balaban J connectivity index is 2.64. The highest BCUT2D eigenvalue weighted by atomic mass is 31.2. The second-order valence-electron chi connectivity index (χ2n) is 22.0. The molecule has 0 aliphatic heterocycles. The van der Waals surface area contributed by atoms with E-state index in [0.29, 0.717) is 0 Å². The quantitative estimate of drug-likeness (QED) is 0.0449. The first-order valence-corrected chi connectivity index (χ1v) is 27.1. The van der Waals surface area contributed by atoms with Gasteiger partial charge in [0.25, 0.3) is 0 Å². The molecule has 0 unspecified atom stereocenters. The predicted molar refractivity (Wildman–Crippen MR) is 237 cm³/mol. The maximum Gasteiger partial charge on any atom is 0.530 e. The average Bonchev–Trinajstić information content (AvgIpc) is 0.695. The number of para-hydroxylation sites is 3. The van der Waals surface area contributed by atoms with Crippen molar-refractivity contribution in [2.24, 2.45) is 0 Å². The maximum atomic E-state index is 16.0. The molecule has 0 spiro atoms. The standard InChI is InChI=1S/C48H12F63O3P/c49-19(50,22(55,56)25(61,62)28(67,68)31(73,74)34(79,80)37(85,86)40(91,92)43(97,98)46(103,104)105)13-7-1-4-10-16(13)112-115(113-17-11-5-2-8-14(17)20(51,52)23(57,58)26(63,64)29(69,70)32(75,76)35(81,82)38(87,88)41(93,94)44(99,100)47(106,107)108)114-18-12-6-3-9-15(18)21(53,54)24(59,60)27(65,66)30(71,72)33(77,78)36(83,84)39(89,90)42(95,96)45(101,102)48(109,110)111/h1-12H. The Labute approximate surface area is 584 Å². The summed E-state index contributed by atoms with van der Waals surface area (Å²) < 4.78 is 916. The molecular weight excluding hydrogens is 1850 g/mol. The highest BCUT2D eigenvalue weighted by molar-refractivity contribution is 7.43. The molecule has 115 heavy (non-hydrogen) atoms. The second kappa shape index (κ2) is 27.6. The summed E-state index contributed by atoms with van der Waals surface area (Å²) in [5, 5.41) is 0. The molecule has 3 rings (SSSR count). The normalized spacial score (nSPS) is 16.4. The van der Waals surface area contributed by atoms with E-state index in [0.717, 1.165) is 0 Å². The molecule has 3 aromatic carbocycles. The van der Waals surface area contributed by atoms with Gasteiger partial charge in [-0.05, 0) is 36.4 Å². The van der Waals surface area contributed by atoms with Gasteiger partial charge in [0.1, 0.15) is 17.2 Å². The van der Waals surface area contributed by atoms with Crippen molar-refractivity contribution in [1.29, 1.82) is 0 Å². The van der Waals surface area contributed by atoms with Crippen LogP contribution in [0.2, 0.25) is 0 Å². The van der Waals surface area contributed by atoms with E-state index in [1.54, 1.807) is 0 Å². The first kappa shape index (κ1) is 102. The van der Waals surface area contributed by atoms with E-state index in [4.69, 9.17) is 0 Å². The van der Waals surface area contributed by atoms with Crippen LogP contribution < -0.4 is 13.6 Å². The number of alkyl halides is 63. The van der Waals surface area contributed by atoms with E-state index in [-0.39, 0.29) is 0 Å². The molecule has 67 heteroatoms. The van der Waals surface area contributed by atoms with Gasteiger partial charge in [0.2, 0.25) is 0 Å². The van der Waals surface area contributed by atoms with Crippen LogP contribution >= 0.6 is 8.60 Å². The Bertz CT molecular complexity index is 3560. The highest BCUT2D eigenvalue weighted by Gasteiger charge is 3.02. The minimum Gasteiger partial charge on any atom is -0.408 e. The minimum absolute atomic E-state index is 0.604. The topological polar surface area (TPSA) is 27.7 Å². The summed E-state index contributed by atoms with van der Waals surface area (Å²) in [5.74, 6) is -271. The maximum absolute atomic E-state index is 16.0. The zero-order valence-electron chi connectivity index (χ0n) is 50.4. The van der Waals surface area contributed by atoms with E-state index in [1.807, 2.05) is 0 Å². The zero-order valence-corrected chi connectivity index (χ0v) is 51.3. The molecule has 0 heterocycles. The van der Waals surface area contributed by atoms with Gasteiger partial charge in [0.15, 0.2) is 0 Å². The second-order valence-corrected chi connectivity index (χ2v) is 23.0. The van der Waals surface area contributed by atoms with Crippen LogP contribution in [-0.2, 0) is 17.8 Å². The number of hydrogen-bond acceptors (Lipinski definition) is 3. The SMILES string of the molecule is FC(F)(F)C(F)(F)C(F)(F)C(F)(F)C(F)(F)C(F)(F)C(F)(F)C(F)(F)C(F)(F)C(F)(F)c1ccccc1OP(Oc1ccccc1C(F)(F)C(F)(F)C(F)(F)C(F)(F)C(F)(F)C(F)(F)C(F)(F)C(F)(F)C(F)(F)C(F)(F)F)Oc1ccccc1C(F)(F)C(F)(F)C(F)(F)C(F)(F)C(F)(F)C(F)(F)C(F)(F)C(F)(F)C(F)(F)C(F)(F)F. The molecule has 668 valence electrons. The monoisotopic (exact) mass is 1860 g/mol. The van der Waals surface area contributed by atoms with Crippen molar-refractivity contribution in [2.45, 2.75) is 178 Å². The van der Waals surface area contributed by atoms with Crippen molar-refractivity contribution < 1.29 is 290 Å². The lowest BCUT2D eigenvalue weighted by Crippen LogP contribution is -2.76. The number of hydrogen-bond donors (Lipinski definition) is 0. The first-order valence-electron chi connectivity index (χ1n) is 26.0. The van der Waals surface area contributed by atoms with Gasteiger partial charge in [0.05, 0.1) is 16.7 Å². The van der Waals surface area contributed by atoms with E-state index < -0.39 is 294 Å². The van der Waals surface area contributed by atoms with E-state index in [2.05, 4.69) is 13.6 Å². The fraction of sp³-hybridized carbons (Fsp3) is 0.625. The molecule has 0 fully saturated rings. The van der Waals surface area contributed by atoms with E-state index in [1.165, 1.54) is 0 Å². The summed E-state index contributed by atoms with van der Waals surface area (Å²) in [6.45, 7) is 0. The zero-order chi connectivity index (χ0) is 92.6. The lowest BCUT2D eigenvalue weighted by atomic mass is 9.85. The van der Waals surface area contributed by atoms with Crippen molar-refractivity contribution in [3.8, 4) is 17.2 Å². The minimum atomic E-state index is -10.1. The first-order chi connectivity index (χ1) is 49.5. The summed E-state index contributed by atoms with van der Waals surface area (Å²) >= 11 is 0. The predicted octanol–water partition coefficient (Wildman–Crippen LogP) is 25.7. The lowest BCUT2D eigenvalue weighted by Gasteiger charge is -2.44. The molecule has 0 aliphatic rings. The van der Waals surface area contributed by atoms with Gasteiger partial charge in [-0.3, -0.25) is 0 Å². The van der Waals surface area contributed by atoms with Gasteiger partial charge in [-0.15, -0.1) is 0 Å². The van der Waals surface area contributed by atoms with Gasteiger partial charge in [0, 0.05) is 0 Å². The fourth-order valence-corrected chi connectivity index (χ4v) is 8.97. The van der Waals surface area contributed by atoms with Crippen molar-refractivity contribution in [3.05, 3.63) is 89.5 Å². The molecule has 0 saturated carbocycles. The molecule has 0 atom stereocenters. The molecular formula is C48H12F63O3P. The van der Waals surface area contributed by atoms with Crippen molar-refractivity contribution in [1.82, 2.24) is 0 Å². The van der Waals surface area contributed by atoms with Crippen LogP contribution in [0.4, 0.5) is 277 Å². The number of benzene rings is 3. The molecule has 3 nitrogen and oxygen atoms in total. The van der Waals surface area contributed by atoms with Gasteiger partial charge in [-0.25, -0.2) is 0 Å². The van der Waals surface area contributed by atoms with Crippen LogP contribution in [0.3, 0.4) is 0 Å². The summed E-state index contributed by atoms with van der Waals surface area (Å²) in [5.41, 5.74) is -12.8. The van der Waals surface area contributed by atoms with E-state index >= 15 is 79.0 Å². The molecule has 0 radical (unpaired) electrons. The van der Waals surface area contributed by atoms with Gasteiger partial charge in [-0.2, -0.15) is 277 Å². The molecule has 0 N–H and O–H groups in total. The Morgan fingerprint density at radius 3 is 0.365 bits per heavy atom. The van der Waals surface area contributed by atoms with Crippen LogP contribution in [0.5, 0.6) is 17.2 Å². The smallest absolute Gasteiger partial charge is 0.408 e. The molecule has 3 aromatic rings. The Morgan fingerprint density at radius 1 is 0.139 bits per heavy atom.